The number of hydrogen-bond acceptors (Lipinski definition) is 4. The second-order valence-corrected chi connectivity index (χ2v) is 6.48. The van der Waals surface area contributed by atoms with Crippen LogP contribution in [0.5, 0.6) is 0 Å². The number of carbonyl (C=O) groups is 1. The Morgan fingerprint density at radius 2 is 2.04 bits per heavy atom. The molecule has 0 saturated heterocycles. The van der Waals surface area contributed by atoms with Crippen LogP contribution in [0.3, 0.4) is 0 Å². The van der Waals surface area contributed by atoms with E-state index in [4.69, 9.17) is 23.2 Å². The molecule has 24 heavy (non-hydrogen) atoms. The summed E-state index contributed by atoms with van der Waals surface area (Å²) in [5.74, 6) is 0.0125. The van der Waals surface area contributed by atoms with Crippen molar-refractivity contribution in [2.45, 2.75) is 5.16 Å². The van der Waals surface area contributed by atoms with Gasteiger partial charge in [-0.25, -0.2) is 9.97 Å². The molecule has 3 aromatic rings. The summed E-state index contributed by atoms with van der Waals surface area (Å²) in [5, 5.41) is 4.33. The number of amides is 1. The largest absolute Gasteiger partial charge is 0.323 e. The maximum Gasteiger partial charge on any atom is 0.234 e. The maximum absolute atomic E-state index is 12.1. The number of halogens is 2. The van der Waals surface area contributed by atoms with Crippen molar-refractivity contribution in [1.82, 2.24) is 14.5 Å². The first kappa shape index (κ1) is 16.8. The zero-order valence-corrected chi connectivity index (χ0v) is 14.6. The van der Waals surface area contributed by atoms with Gasteiger partial charge in [-0.15, -0.1) is 0 Å². The third-order valence-corrected chi connectivity index (χ3v) is 4.56. The highest BCUT2D eigenvalue weighted by atomic mass is 35.5. The van der Waals surface area contributed by atoms with Crippen LogP contribution in [0.4, 0.5) is 5.69 Å². The Kier molecular flexibility index (Phi) is 5.40. The van der Waals surface area contributed by atoms with E-state index >= 15 is 0 Å². The zero-order valence-electron chi connectivity index (χ0n) is 12.3. The van der Waals surface area contributed by atoms with Crippen LogP contribution in [-0.4, -0.2) is 26.2 Å². The van der Waals surface area contributed by atoms with Crippen LogP contribution < -0.4 is 5.32 Å². The molecule has 0 aliphatic carbocycles. The minimum Gasteiger partial charge on any atom is -0.323 e. The molecule has 3 rings (SSSR count). The molecule has 0 aliphatic rings. The van der Waals surface area contributed by atoms with Gasteiger partial charge in [0, 0.05) is 29.3 Å². The van der Waals surface area contributed by atoms with Gasteiger partial charge in [0.05, 0.1) is 11.4 Å². The second kappa shape index (κ2) is 7.70. The summed E-state index contributed by atoms with van der Waals surface area (Å²) in [6.45, 7) is 0. The molecule has 1 aromatic carbocycles. The fourth-order valence-corrected chi connectivity index (χ4v) is 3.14. The number of imidazole rings is 1. The Bertz CT molecular complexity index is 869. The molecule has 2 aromatic heterocycles. The Labute approximate surface area is 153 Å². The van der Waals surface area contributed by atoms with Gasteiger partial charge in [0.1, 0.15) is 0 Å². The lowest BCUT2D eigenvalue weighted by atomic mass is 10.3. The Morgan fingerprint density at radius 1 is 1.17 bits per heavy atom. The lowest BCUT2D eigenvalue weighted by molar-refractivity contribution is -0.113. The number of carbonyl (C=O) groups excluding carboxylic acids is 1. The first-order chi connectivity index (χ1) is 11.6. The Balaban J connectivity index is 1.67. The average molecular weight is 379 g/mol. The number of aromatic nitrogens is 3. The maximum atomic E-state index is 12.1. The van der Waals surface area contributed by atoms with Crippen molar-refractivity contribution < 1.29 is 4.79 Å². The topological polar surface area (TPSA) is 59.8 Å². The van der Waals surface area contributed by atoms with E-state index in [2.05, 4.69) is 15.3 Å². The third-order valence-electron chi connectivity index (χ3n) is 3.06. The van der Waals surface area contributed by atoms with Gasteiger partial charge in [-0.2, -0.15) is 0 Å². The van der Waals surface area contributed by atoms with Gasteiger partial charge >= 0.3 is 0 Å². The van der Waals surface area contributed by atoms with Crippen molar-refractivity contribution in [3.63, 3.8) is 0 Å². The quantitative estimate of drug-likeness (QED) is 0.530. The first-order valence-electron chi connectivity index (χ1n) is 6.96. The third kappa shape index (κ3) is 4.08. The first-order valence-corrected chi connectivity index (χ1v) is 8.70. The summed E-state index contributed by atoms with van der Waals surface area (Å²) in [6, 6.07) is 10.8. The molecular formula is C16H12Cl2N4OS. The summed E-state index contributed by atoms with van der Waals surface area (Å²) in [7, 11) is 0. The number of anilines is 1. The van der Waals surface area contributed by atoms with Crippen LogP contribution >= 0.6 is 35.0 Å². The van der Waals surface area contributed by atoms with Crippen molar-refractivity contribution in [2.24, 2.45) is 0 Å². The standard InChI is InChI=1S/C16H12Cl2N4OS/c17-11-3-1-4-12(9-11)22-8-7-20-16(22)24-10-14(23)21-13-5-2-6-19-15(13)18/h1-9H,10H2,(H,21,23). The summed E-state index contributed by atoms with van der Waals surface area (Å²) < 4.78 is 1.88. The van der Waals surface area contributed by atoms with Gasteiger partial charge in [-0.1, -0.05) is 41.0 Å². The fourth-order valence-electron chi connectivity index (χ4n) is 2.01. The molecule has 0 aliphatic heterocycles. The van der Waals surface area contributed by atoms with E-state index < -0.39 is 0 Å². The van der Waals surface area contributed by atoms with Gasteiger partial charge in [0.15, 0.2) is 10.3 Å². The smallest absolute Gasteiger partial charge is 0.234 e. The van der Waals surface area contributed by atoms with Crippen LogP contribution in [-0.2, 0) is 4.79 Å². The summed E-state index contributed by atoms with van der Waals surface area (Å²) in [5.41, 5.74) is 1.38. The van der Waals surface area contributed by atoms with Crippen LogP contribution in [0, 0.1) is 0 Å². The zero-order chi connectivity index (χ0) is 16.9. The van der Waals surface area contributed by atoms with Crippen LogP contribution in [0.1, 0.15) is 0 Å². The lowest BCUT2D eigenvalue weighted by Crippen LogP contribution is -2.15. The highest BCUT2D eigenvalue weighted by Gasteiger charge is 2.11. The minimum atomic E-state index is -0.185. The summed E-state index contributed by atoms with van der Waals surface area (Å²) in [4.78, 5) is 20.3. The summed E-state index contributed by atoms with van der Waals surface area (Å²) in [6.07, 6.45) is 5.07. The number of nitrogens with zero attached hydrogens (tertiary/aromatic N) is 3. The predicted octanol–water partition coefficient (Wildman–Crippen LogP) is 4.30. The van der Waals surface area contributed by atoms with Crippen molar-refractivity contribution in [2.75, 3.05) is 11.1 Å². The number of rotatable bonds is 5. The van der Waals surface area contributed by atoms with Crippen molar-refractivity contribution in [3.8, 4) is 5.69 Å². The SMILES string of the molecule is O=C(CSc1nccn1-c1cccc(Cl)c1)Nc1cccnc1Cl. The van der Waals surface area contributed by atoms with Crippen molar-refractivity contribution in [3.05, 3.63) is 65.2 Å². The molecule has 0 fully saturated rings. The molecule has 0 bridgehead atoms. The van der Waals surface area contributed by atoms with Crippen molar-refractivity contribution >= 4 is 46.6 Å². The van der Waals surface area contributed by atoms with Gasteiger partial charge < -0.3 is 5.32 Å². The molecule has 0 atom stereocenters. The Morgan fingerprint density at radius 3 is 2.83 bits per heavy atom. The van der Waals surface area contributed by atoms with E-state index in [9.17, 15) is 4.79 Å². The predicted molar refractivity (Wildman–Crippen MR) is 97.2 cm³/mol. The number of pyridine rings is 1. The minimum absolute atomic E-state index is 0.185. The lowest BCUT2D eigenvalue weighted by Gasteiger charge is -2.08. The molecule has 0 radical (unpaired) electrons. The van der Waals surface area contributed by atoms with Gasteiger partial charge in [-0.05, 0) is 30.3 Å². The molecule has 0 spiro atoms. The van der Waals surface area contributed by atoms with Crippen molar-refractivity contribution in [1.29, 1.82) is 0 Å². The molecule has 1 amide bonds. The number of hydrogen-bond donors (Lipinski definition) is 1. The number of benzene rings is 1. The number of nitrogens with one attached hydrogen (secondary N) is 1. The van der Waals surface area contributed by atoms with E-state index in [0.29, 0.717) is 15.9 Å². The number of thioether (sulfide) groups is 1. The molecule has 122 valence electrons. The van der Waals surface area contributed by atoms with E-state index in [1.165, 1.54) is 11.8 Å². The van der Waals surface area contributed by atoms with Crippen LogP contribution in [0.25, 0.3) is 5.69 Å². The van der Waals surface area contributed by atoms with E-state index in [0.717, 1.165) is 5.69 Å². The molecule has 8 heteroatoms. The normalized spacial score (nSPS) is 10.6. The van der Waals surface area contributed by atoms with Crippen LogP contribution in [0.15, 0.2) is 60.1 Å². The van der Waals surface area contributed by atoms with Gasteiger partial charge in [-0.3, -0.25) is 9.36 Å². The fraction of sp³-hybridized carbons (Fsp3) is 0.0625. The molecule has 0 unspecified atom stereocenters. The second-order valence-electron chi connectivity index (χ2n) is 4.74. The average Bonchev–Trinajstić information content (AvgIpc) is 3.04. The molecule has 2 heterocycles. The molecule has 5 nitrogen and oxygen atoms in total. The van der Waals surface area contributed by atoms with Gasteiger partial charge in [0.25, 0.3) is 0 Å². The summed E-state index contributed by atoms with van der Waals surface area (Å²) >= 11 is 13.3. The van der Waals surface area contributed by atoms with E-state index in [1.54, 1.807) is 30.6 Å². The molecule has 1 N–H and O–H groups in total. The molecular weight excluding hydrogens is 367 g/mol. The van der Waals surface area contributed by atoms with E-state index in [1.807, 2.05) is 29.0 Å². The molecule has 0 saturated carbocycles. The van der Waals surface area contributed by atoms with Crippen LogP contribution in [0.2, 0.25) is 10.2 Å². The van der Waals surface area contributed by atoms with Gasteiger partial charge in [0.2, 0.25) is 5.91 Å². The highest BCUT2D eigenvalue weighted by molar-refractivity contribution is 7.99. The van der Waals surface area contributed by atoms with E-state index in [-0.39, 0.29) is 16.8 Å². The monoisotopic (exact) mass is 378 g/mol. The Hall–Kier alpha value is -2.02. The highest BCUT2D eigenvalue weighted by Crippen LogP contribution is 2.23.